The van der Waals surface area contributed by atoms with E-state index in [0.29, 0.717) is 0 Å². The molecule has 0 radical (unpaired) electrons. The van der Waals surface area contributed by atoms with E-state index in [1.54, 1.807) is 0 Å². The Labute approximate surface area is 80.6 Å². The predicted molar refractivity (Wildman–Crippen MR) is 59.6 cm³/mol. The summed E-state index contributed by atoms with van der Waals surface area (Å²) in [6, 6.07) is 8.49. The van der Waals surface area contributed by atoms with E-state index in [1.807, 2.05) is 0 Å². The maximum Gasteiger partial charge on any atom is -0.0254 e. The van der Waals surface area contributed by atoms with Gasteiger partial charge in [0.15, 0.2) is 0 Å². The molecule has 0 aliphatic carbocycles. The fraction of sp³-hybridized carbons (Fsp3) is 0.231. The average Bonchev–Trinajstić information content (AvgIpc) is 2.14. The molecule has 1 rings (SSSR count). The van der Waals surface area contributed by atoms with Gasteiger partial charge < -0.3 is 0 Å². The van der Waals surface area contributed by atoms with Crippen LogP contribution in [0.15, 0.2) is 42.0 Å². The first-order chi connectivity index (χ1) is 6.22. The number of aryl methyl sites for hydroxylation is 1. The van der Waals surface area contributed by atoms with Gasteiger partial charge in [-0.2, -0.15) is 0 Å². The Balaban J connectivity index is 2.80. The molecule has 0 fully saturated rings. The highest BCUT2D eigenvalue weighted by atomic mass is 13.9. The molecule has 0 heterocycles. The molecule has 0 aromatic heterocycles. The largest absolute Gasteiger partial charge is 0.0847 e. The summed E-state index contributed by atoms with van der Waals surface area (Å²) in [5.74, 6) is 0. The first-order valence-corrected chi connectivity index (χ1v) is 4.60. The minimum absolute atomic E-state index is 1.27. The van der Waals surface area contributed by atoms with Crippen LogP contribution in [0.5, 0.6) is 0 Å². The summed E-state index contributed by atoms with van der Waals surface area (Å²) >= 11 is 0. The lowest BCUT2D eigenvalue weighted by Crippen LogP contribution is -1.74. The molecular formula is C13H16. The van der Waals surface area contributed by atoms with Gasteiger partial charge in [-0.05, 0) is 26.3 Å². The van der Waals surface area contributed by atoms with E-state index >= 15 is 0 Å². The van der Waals surface area contributed by atoms with Crippen molar-refractivity contribution in [3.8, 4) is 0 Å². The number of hydrogen-bond acceptors (Lipinski definition) is 0. The monoisotopic (exact) mass is 172 g/mol. The van der Waals surface area contributed by atoms with Crippen molar-refractivity contribution < 1.29 is 0 Å². The van der Waals surface area contributed by atoms with Gasteiger partial charge in [-0.25, -0.2) is 0 Å². The molecule has 68 valence electrons. The second kappa shape index (κ2) is 4.66. The van der Waals surface area contributed by atoms with Crippen LogP contribution in [-0.4, -0.2) is 0 Å². The minimum Gasteiger partial charge on any atom is -0.0847 e. The number of rotatable bonds is 2. The zero-order valence-corrected chi connectivity index (χ0v) is 8.54. The summed E-state index contributed by atoms with van der Waals surface area (Å²) < 4.78 is 0. The summed E-state index contributed by atoms with van der Waals surface area (Å²) in [5, 5.41) is 0. The standard InChI is InChI=1S/C13H16/c1-4-11(2)8-9-13-7-5-6-12(3)10-13/h4-10H,1-3H3/b9-8-,11-4-. The quantitative estimate of drug-likeness (QED) is 0.592. The van der Waals surface area contributed by atoms with E-state index in [9.17, 15) is 0 Å². The first kappa shape index (κ1) is 9.79. The van der Waals surface area contributed by atoms with Gasteiger partial charge >= 0.3 is 0 Å². The second-order valence-electron chi connectivity index (χ2n) is 3.28. The SMILES string of the molecule is C/C=C(C)\C=C/c1cccc(C)c1. The molecule has 0 saturated heterocycles. The van der Waals surface area contributed by atoms with Gasteiger partial charge in [0.05, 0.1) is 0 Å². The van der Waals surface area contributed by atoms with Gasteiger partial charge in [0.25, 0.3) is 0 Å². The van der Waals surface area contributed by atoms with E-state index in [0.717, 1.165) is 0 Å². The predicted octanol–water partition coefficient (Wildman–Crippen LogP) is 3.97. The van der Waals surface area contributed by atoms with Crippen LogP contribution in [0, 0.1) is 6.92 Å². The number of allylic oxidation sites excluding steroid dienone is 3. The maximum atomic E-state index is 2.18. The van der Waals surface area contributed by atoms with Gasteiger partial charge in [-0.3, -0.25) is 0 Å². The van der Waals surface area contributed by atoms with Gasteiger partial charge in [-0.15, -0.1) is 0 Å². The molecule has 0 saturated carbocycles. The van der Waals surface area contributed by atoms with Crippen molar-refractivity contribution in [3.63, 3.8) is 0 Å². The molecule has 1 aromatic carbocycles. The van der Waals surface area contributed by atoms with Crippen LogP contribution in [-0.2, 0) is 0 Å². The molecule has 0 bridgehead atoms. The van der Waals surface area contributed by atoms with Crippen molar-refractivity contribution in [2.45, 2.75) is 20.8 Å². The van der Waals surface area contributed by atoms with Crippen molar-refractivity contribution >= 4 is 6.08 Å². The zero-order chi connectivity index (χ0) is 9.68. The van der Waals surface area contributed by atoms with Crippen molar-refractivity contribution in [2.75, 3.05) is 0 Å². The number of hydrogen-bond donors (Lipinski definition) is 0. The molecule has 0 atom stereocenters. The van der Waals surface area contributed by atoms with Crippen LogP contribution < -0.4 is 0 Å². The highest BCUT2D eigenvalue weighted by molar-refractivity contribution is 5.53. The van der Waals surface area contributed by atoms with Crippen LogP contribution in [0.25, 0.3) is 6.08 Å². The molecule has 0 aliphatic rings. The molecule has 0 aliphatic heterocycles. The van der Waals surface area contributed by atoms with Crippen LogP contribution in [0.2, 0.25) is 0 Å². The highest BCUT2D eigenvalue weighted by Gasteiger charge is 1.86. The smallest absolute Gasteiger partial charge is 0.0254 e. The van der Waals surface area contributed by atoms with Crippen LogP contribution in [0.4, 0.5) is 0 Å². The first-order valence-electron chi connectivity index (χ1n) is 4.60. The average molecular weight is 172 g/mol. The normalized spacial score (nSPS) is 12.4. The minimum atomic E-state index is 1.27. The summed E-state index contributed by atoms with van der Waals surface area (Å²) in [6.45, 7) is 6.27. The third-order valence-electron chi connectivity index (χ3n) is 2.04. The molecule has 0 nitrogen and oxygen atoms in total. The maximum absolute atomic E-state index is 2.18. The Kier molecular flexibility index (Phi) is 3.51. The molecular weight excluding hydrogens is 156 g/mol. The summed E-state index contributed by atoms with van der Waals surface area (Å²) in [7, 11) is 0. The molecule has 0 heteroatoms. The van der Waals surface area contributed by atoms with Crippen molar-refractivity contribution in [3.05, 3.63) is 53.1 Å². The Morgan fingerprint density at radius 1 is 1.31 bits per heavy atom. The van der Waals surface area contributed by atoms with Crippen LogP contribution >= 0.6 is 0 Å². The highest BCUT2D eigenvalue weighted by Crippen LogP contribution is 2.07. The number of benzene rings is 1. The van der Waals surface area contributed by atoms with E-state index in [1.165, 1.54) is 16.7 Å². The van der Waals surface area contributed by atoms with Crippen molar-refractivity contribution in [2.24, 2.45) is 0 Å². The summed E-state index contributed by atoms with van der Waals surface area (Å²) in [6.07, 6.45) is 6.38. The molecule has 1 aromatic rings. The van der Waals surface area contributed by atoms with Gasteiger partial charge in [0.2, 0.25) is 0 Å². The second-order valence-corrected chi connectivity index (χ2v) is 3.28. The Morgan fingerprint density at radius 2 is 2.08 bits per heavy atom. The zero-order valence-electron chi connectivity index (χ0n) is 8.54. The molecule has 0 spiro atoms. The van der Waals surface area contributed by atoms with Crippen LogP contribution in [0.1, 0.15) is 25.0 Å². The van der Waals surface area contributed by atoms with Gasteiger partial charge in [0, 0.05) is 0 Å². The van der Waals surface area contributed by atoms with Gasteiger partial charge in [0.1, 0.15) is 0 Å². The lowest BCUT2D eigenvalue weighted by molar-refractivity contribution is 1.45. The van der Waals surface area contributed by atoms with Crippen molar-refractivity contribution in [1.29, 1.82) is 0 Å². The third-order valence-corrected chi connectivity index (χ3v) is 2.04. The van der Waals surface area contributed by atoms with E-state index in [4.69, 9.17) is 0 Å². The fourth-order valence-electron chi connectivity index (χ4n) is 1.10. The fourth-order valence-corrected chi connectivity index (χ4v) is 1.10. The molecule has 13 heavy (non-hydrogen) atoms. The Hall–Kier alpha value is -1.30. The topological polar surface area (TPSA) is 0 Å². The van der Waals surface area contributed by atoms with E-state index in [-0.39, 0.29) is 0 Å². The lowest BCUT2D eigenvalue weighted by Gasteiger charge is -1.95. The third kappa shape index (κ3) is 3.29. The van der Waals surface area contributed by atoms with Crippen molar-refractivity contribution in [1.82, 2.24) is 0 Å². The molecule has 0 N–H and O–H groups in total. The van der Waals surface area contributed by atoms with Gasteiger partial charge in [-0.1, -0.05) is 53.6 Å². The Bertz CT molecular complexity index is 330. The summed E-state index contributed by atoms with van der Waals surface area (Å²) in [4.78, 5) is 0. The van der Waals surface area contributed by atoms with E-state index in [2.05, 4.69) is 63.3 Å². The van der Waals surface area contributed by atoms with Crippen LogP contribution in [0.3, 0.4) is 0 Å². The lowest BCUT2D eigenvalue weighted by atomic mass is 10.1. The molecule has 0 amide bonds. The molecule has 0 unspecified atom stereocenters. The summed E-state index contributed by atoms with van der Waals surface area (Å²) in [5.41, 5.74) is 3.86. The van der Waals surface area contributed by atoms with E-state index < -0.39 is 0 Å². The Morgan fingerprint density at radius 3 is 2.69 bits per heavy atom.